The van der Waals surface area contributed by atoms with Crippen LogP contribution in [0.2, 0.25) is 5.02 Å². The first-order chi connectivity index (χ1) is 12.5. The molecule has 2 aromatic rings. The normalized spacial score (nSPS) is 10.4. The van der Waals surface area contributed by atoms with Gasteiger partial charge < -0.3 is 14.8 Å². The van der Waals surface area contributed by atoms with Gasteiger partial charge in [-0.05, 0) is 55.0 Å². The summed E-state index contributed by atoms with van der Waals surface area (Å²) in [4.78, 5) is 12.3. The third kappa shape index (κ3) is 5.44. The lowest BCUT2D eigenvalue weighted by atomic mass is 10.2. The maximum Gasteiger partial charge on any atom is 0.345 e. The number of methoxy groups -OCH3 is 1. The quantitative estimate of drug-likeness (QED) is 0.258. The highest BCUT2D eigenvalue weighted by Gasteiger charge is 2.15. The van der Waals surface area contributed by atoms with Crippen molar-refractivity contribution in [2.45, 2.75) is 6.92 Å². The predicted molar refractivity (Wildman–Crippen MR) is 106 cm³/mol. The minimum Gasteiger partial charge on any atom is -0.493 e. The third-order valence-corrected chi connectivity index (χ3v) is 3.77. The molecule has 2 rings (SSSR count). The first-order valence-corrected chi connectivity index (χ1v) is 8.55. The molecule has 0 spiro atoms. The summed E-state index contributed by atoms with van der Waals surface area (Å²) in [6.45, 7) is 2.64. The summed E-state index contributed by atoms with van der Waals surface area (Å²) in [5.74, 6) is 0.113. The van der Waals surface area contributed by atoms with Gasteiger partial charge >= 0.3 is 5.97 Å². The van der Waals surface area contributed by atoms with Crippen LogP contribution in [0.5, 0.6) is 11.5 Å². The second-order valence-corrected chi connectivity index (χ2v) is 5.82. The van der Waals surface area contributed by atoms with Gasteiger partial charge in [-0.1, -0.05) is 23.7 Å². The summed E-state index contributed by atoms with van der Waals surface area (Å²) in [6.07, 6.45) is 1.58. The molecule has 0 bridgehead atoms. The summed E-state index contributed by atoms with van der Waals surface area (Å²) in [5.41, 5.74) is 3.72. The number of carbonyl (C=O) groups excluding carboxylic acids is 1. The van der Waals surface area contributed by atoms with E-state index in [1.807, 2.05) is 6.92 Å². The van der Waals surface area contributed by atoms with Crippen LogP contribution >= 0.6 is 23.8 Å². The molecule has 0 aromatic heterocycles. The zero-order valence-corrected chi connectivity index (χ0v) is 15.9. The Morgan fingerprint density at radius 3 is 2.73 bits per heavy atom. The Morgan fingerprint density at radius 1 is 1.27 bits per heavy atom. The number of nitrogens with zero attached hydrogens (tertiary/aromatic N) is 1. The average molecular weight is 392 g/mol. The molecule has 0 saturated heterocycles. The summed E-state index contributed by atoms with van der Waals surface area (Å²) >= 11 is 11.0. The van der Waals surface area contributed by atoms with Gasteiger partial charge in [0.25, 0.3) is 0 Å². The standard InChI is InChI=1S/C18H18ClN3O3S/c1-3-20-18(26)22-21-11-12-8-9-15(16(10-12)24-2)25-17(23)13-6-4-5-7-14(13)19/h4-11H,3H2,1-2H3,(H2,20,22,26)/b21-11-. The Morgan fingerprint density at radius 2 is 2.04 bits per heavy atom. The molecule has 0 fully saturated rings. The Hall–Kier alpha value is -2.64. The Kier molecular flexibility index (Phi) is 7.37. The van der Waals surface area contributed by atoms with Gasteiger partial charge in [-0.25, -0.2) is 4.79 Å². The summed E-state index contributed by atoms with van der Waals surface area (Å²) < 4.78 is 10.7. The maximum absolute atomic E-state index is 12.3. The predicted octanol–water partition coefficient (Wildman–Crippen LogP) is 3.39. The molecule has 0 radical (unpaired) electrons. The van der Waals surface area contributed by atoms with Crippen molar-refractivity contribution in [2.24, 2.45) is 5.10 Å². The highest BCUT2D eigenvalue weighted by atomic mass is 35.5. The Bertz CT molecular complexity index is 827. The van der Waals surface area contributed by atoms with Gasteiger partial charge in [-0.15, -0.1) is 0 Å². The van der Waals surface area contributed by atoms with Gasteiger partial charge in [0.2, 0.25) is 0 Å². The molecule has 0 aliphatic heterocycles. The average Bonchev–Trinajstić information content (AvgIpc) is 2.63. The fourth-order valence-corrected chi connectivity index (χ4v) is 2.41. The molecule has 0 aliphatic rings. The van der Waals surface area contributed by atoms with Crippen molar-refractivity contribution in [3.8, 4) is 11.5 Å². The van der Waals surface area contributed by atoms with Crippen LogP contribution in [-0.2, 0) is 0 Å². The van der Waals surface area contributed by atoms with E-state index in [0.717, 1.165) is 5.56 Å². The number of hydrogen-bond donors (Lipinski definition) is 2. The number of hydrazone groups is 1. The Labute approximate surface area is 162 Å². The monoisotopic (exact) mass is 391 g/mol. The molecule has 0 aliphatic carbocycles. The number of halogens is 1. The second kappa shape index (κ2) is 9.74. The number of hydrogen-bond acceptors (Lipinski definition) is 5. The van der Waals surface area contributed by atoms with Crippen LogP contribution in [0.3, 0.4) is 0 Å². The van der Waals surface area contributed by atoms with Crippen molar-refractivity contribution >= 4 is 41.1 Å². The molecule has 0 heterocycles. The number of esters is 1. The van der Waals surface area contributed by atoms with Crippen molar-refractivity contribution in [3.05, 3.63) is 58.6 Å². The molecule has 0 amide bonds. The van der Waals surface area contributed by atoms with Gasteiger partial charge in [0.1, 0.15) is 0 Å². The lowest BCUT2D eigenvalue weighted by Gasteiger charge is -2.10. The van der Waals surface area contributed by atoms with Crippen LogP contribution < -0.4 is 20.2 Å². The Balaban J connectivity index is 2.11. The van der Waals surface area contributed by atoms with E-state index in [4.69, 9.17) is 33.3 Å². The van der Waals surface area contributed by atoms with E-state index in [1.165, 1.54) is 7.11 Å². The van der Waals surface area contributed by atoms with Crippen LogP contribution in [-0.4, -0.2) is 31.0 Å². The van der Waals surface area contributed by atoms with Crippen LogP contribution in [0.4, 0.5) is 0 Å². The van der Waals surface area contributed by atoms with Crippen LogP contribution in [0.15, 0.2) is 47.6 Å². The first kappa shape index (κ1) is 19.7. The topological polar surface area (TPSA) is 72.0 Å². The van der Waals surface area contributed by atoms with Crippen molar-refractivity contribution in [3.63, 3.8) is 0 Å². The molecular formula is C18H18ClN3O3S. The molecule has 0 atom stereocenters. The van der Waals surface area contributed by atoms with Gasteiger partial charge in [0.15, 0.2) is 16.6 Å². The fourth-order valence-electron chi connectivity index (χ4n) is 2.00. The van der Waals surface area contributed by atoms with E-state index < -0.39 is 5.97 Å². The molecule has 2 aromatic carbocycles. The van der Waals surface area contributed by atoms with Gasteiger partial charge in [-0.3, -0.25) is 5.43 Å². The van der Waals surface area contributed by atoms with Gasteiger partial charge in [-0.2, -0.15) is 5.10 Å². The molecule has 6 nitrogen and oxygen atoms in total. The highest BCUT2D eigenvalue weighted by Crippen LogP contribution is 2.29. The van der Waals surface area contributed by atoms with Gasteiger partial charge in [0, 0.05) is 6.54 Å². The lowest BCUT2D eigenvalue weighted by Crippen LogP contribution is -2.31. The van der Waals surface area contributed by atoms with E-state index >= 15 is 0 Å². The van der Waals surface area contributed by atoms with Crippen molar-refractivity contribution in [1.29, 1.82) is 0 Å². The SMILES string of the molecule is CCNC(=S)N/N=C\c1ccc(OC(=O)c2ccccc2Cl)c(OC)c1. The minimum absolute atomic E-state index is 0.281. The smallest absolute Gasteiger partial charge is 0.345 e. The number of carbonyl (C=O) groups is 1. The molecule has 0 unspecified atom stereocenters. The van der Waals surface area contributed by atoms with E-state index in [9.17, 15) is 4.79 Å². The van der Waals surface area contributed by atoms with Crippen molar-refractivity contribution in [2.75, 3.05) is 13.7 Å². The zero-order valence-electron chi connectivity index (χ0n) is 14.3. The summed E-state index contributed by atoms with van der Waals surface area (Å²) in [5, 5.41) is 7.70. The number of thiocarbonyl (C=S) groups is 1. The largest absolute Gasteiger partial charge is 0.493 e. The molecule has 136 valence electrons. The van der Waals surface area contributed by atoms with Crippen LogP contribution in [0.25, 0.3) is 0 Å². The van der Waals surface area contributed by atoms with Gasteiger partial charge in [0.05, 0.1) is 23.9 Å². The van der Waals surface area contributed by atoms with Crippen molar-refractivity contribution < 1.29 is 14.3 Å². The lowest BCUT2D eigenvalue weighted by molar-refractivity contribution is 0.0730. The van der Waals surface area contributed by atoms with E-state index in [-0.39, 0.29) is 11.3 Å². The fraction of sp³-hybridized carbons (Fsp3) is 0.167. The molecule has 8 heteroatoms. The summed E-state index contributed by atoms with van der Waals surface area (Å²) in [7, 11) is 1.49. The maximum atomic E-state index is 12.3. The van der Waals surface area contributed by atoms with E-state index in [2.05, 4.69) is 15.8 Å². The van der Waals surface area contributed by atoms with E-state index in [1.54, 1.807) is 48.7 Å². The number of ether oxygens (including phenoxy) is 2. The van der Waals surface area contributed by atoms with Crippen LogP contribution in [0.1, 0.15) is 22.8 Å². The third-order valence-electron chi connectivity index (χ3n) is 3.20. The van der Waals surface area contributed by atoms with Crippen molar-refractivity contribution in [1.82, 2.24) is 10.7 Å². The molecule has 2 N–H and O–H groups in total. The number of benzene rings is 2. The zero-order chi connectivity index (χ0) is 18.9. The highest BCUT2D eigenvalue weighted by molar-refractivity contribution is 7.80. The summed E-state index contributed by atoms with van der Waals surface area (Å²) in [6, 6.07) is 11.7. The first-order valence-electron chi connectivity index (χ1n) is 7.76. The molecule has 26 heavy (non-hydrogen) atoms. The number of rotatable bonds is 6. The minimum atomic E-state index is -0.562. The van der Waals surface area contributed by atoms with E-state index in [0.29, 0.717) is 22.4 Å². The molecular weight excluding hydrogens is 374 g/mol. The second-order valence-electron chi connectivity index (χ2n) is 5.01. The number of nitrogens with one attached hydrogen (secondary N) is 2. The van der Waals surface area contributed by atoms with Crippen LogP contribution in [0, 0.1) is 0 Å². The molecule has 0 saturated carbocycles.